The Hall–Kier alpha value is -4.01. The van der Waals surface area contributed by atoms with Gasteiger partial charge in [0.25, 0.3) is 0 Å². The van der Waals surface area contributed by atoms with Gasteiger partial charge in [-0.3, -0.25) is 9.59 Å². The van der Waals surface area contributed by atoms with Gasteiger partial charge in [-0.1, -0.05) is 42.0 Å². The Labute approximate surface area is 229 Å². The predicted octanol–water partition coefficient (Wildman–Crippen LogP) is 6.31. The largest absolute Gasteiger partial charge is 0.384 e. The topological polar surface area (TPSA) is 109 Å². The average Bonchev–Trinajstić information content (AvgIpc) is 2.90. The van der Waals surface area contributed by atoms with E-state index in [9.17, 15) is 9.59 Å². The highest BCUT2D eigenvalue weighted by Crippen LogP contribution is 2.37. The molecular formula is C28H24Cl2N6O2. The van der Waals surface area contributed by atoms with Gasteiger partial charge in [-0.15, -0.1) is 0 Å². The number of hydrogen-bond acceptors (Lipinski definition) is 8. The second-order valence-electron chi connectivity index (χ2n) is 8.86. The fourth-order valence-corrected chi connectivity index (χ4v) is 4.71. The molecule has 0 saturated carbocycles. The highest BCUT2D eigenvalue weighted by atomic mass is 35.5. The zero-order valence-electron chi connectivity index (χ0n) is 20.5. The van der Waals surface area contributed by atoms with Crippen LogP contribution in [0.5, 0.6) is 0 Å². The molecule has 0 radical (unpaired) electrons. The first kappa shape index (κ1) is 25.6. The second-order valence-corrected chi connectivity index (χ2v) is 9.54. The van der Waals surface area contributed by atoms with Gasteiger partial charge in [0.2, 0.25) is 16.5 Å². The van der Waals surface area contributed by atoms with E-state index in [1.165, 1.54) is 0 Å². The number of aromatic nitrogens is 3. The molecule has 0 saturated heterocycles. The first-order chi connectivity index (χ1) is 18.4. The van der Waals surface area contributed by atoms with Crippen LogP contribution >= 0.6 is 23.2 Å². The lowest BCUT2D eigenvalue weighted by Crippen LogP contribution is -2.24. The summed E-state index contributed by atoms with van der Waals surface area (Å²) < 4.78 is 0. The maximum Gasteiger partial charge on any atom is 0.228 e. The molecule has 3 aromatic carbocycles. The molecule has 1 aromatic heterocycles. The summed E-state index contributed by atoms with van der Waals surface area (Å²) in [5.74, 6) is -0.0284. The molecule has 0 fully saturated rings. The number of fused-ring (bicyclic) bond motifs is 2. The molecule has 0 aliphatic heterocycles. The number of nitrogens with one attached hydrogen (secondary N) is 3. The molecule has 0 spiro atoms. The van der Waals surface area contributed by atoms with Crippen LogP contribution in [0.2, 0.25) is 10.6 Å². The number of ketones is 2. The van der Waals surface area contributed by atoms with Crippen molar-refractivity contribution in [2.75, 3.05) is 29.0 Å². The molecule has 3 N–H and O–H groups in total. The van der Waals surface area contributed by atoms with Gasteiger partial charge in [0.15, 0.2) is 11.6 Å². The normalized spacial score (nSPS) is 12.1. The van der Waals surface area contributed by atoms with Crippen molar-refractivity contribution in [2.24, 2.45) is 0 Å². The quantitative estimate of drug-likeness (QED) is 0.184. The summed E-state index contributed by atoms with van der Waals surface area (Å²) in [4.78, 5) is 38.9. The van der Waals surface area contributed by atoms with Gasteiger partial charge in [0.1, 0.15) is 0 Å². The molecule has 1 heterocycles. The van der Waals surface area contributed by atoms with Crippen molar-refractivity contribution in [1.29, 1.82) is 0 Å². The highest BCUT2D eigenvalue weighted by molar-refractivity contribution is 6.32. The van der Waals surface area contributed by atoms with Gasteiger partial charge >= 0.3 is 0 Å². The fourth-order valence-electron chi connectivity index (χ4n) is 4.34. The summed E-state index contributed by atoms with van der Waals surface area (Å²) in [5, 5.41) is 9.81. The number of unbranched alkanes of at least 4 members (excludes halogenated alkanes) is 1. The Morgan fingerprint density at radius 1 is 0.684 bits per heavy atom. The van der Waals surface area contributed by atoms with Crippen LogP contribution in [0.1, 0.15) is 50.2 Å². The van der Waals surface area contributed by atoms with Crippen molar-refractivity contribution in [3.63, 3.8) is 0 Å². The Morgan fingerprint density at radius 3 is 1.87 bits per heavy atom. The molecule has 38 heavy (non-hydrogen) atoms. The molecule has 0 bridgehead atoms. The number of anilines is 4. The lowest BCUT2D eigenvalue weighted by molar-refractivity contribution is 0.0980. The Kier molecular flexibility index (Phi) is 7.53. The Bertz CT molecular complexity index is 1500. The lowest BCUT2D eigenvalue weighted by Gasteiger charge is -2.24. The maximum atomic E-state index is 13.6. The number of halogens is 2. The van der Waals surface area contributed by atoms with Crippen LogP contribution in [-0.2, 0) is 0 Å². The van der Waals surface area contributed by atoms with Crippen molar-refractivity contribution in [1.82, 2.24) is 15.0 Å². The van der Waals surface area contributed by atoms with E-state index >= 15 is 0 Å². The summed E-state index contributed by atoms with van der Waals surface area (Å²) in [6.45, 7) is 3.21. The number of carbonyl (C=O) groups excluding carboxylic acids is 2. The Morgan fingerprint density at radius 2 is 1.24 bits per heavy atom. The zero-order chi connectivity index (χ0) is 26.6. The van der Waals surface area contributed by atoms with E-state index < -0.39 is 0 Å². The van der Waals surface area contributed by atoms with Crippen LogP contribution in [-0.4, -0.2) is 39.6 Å². The smallest absolute Gasteiger partial charge is 0.228 e. The van der Waals surface area contributed by atoms with E-state index in [1.54, 1.807) is 24.3 Å². The van der Waals surface area contributed by atoms with Crippen molar-refractivity contribution in [3.8, 4) is 0 Å². The van der Waals surface area contributed by atoms with Crippen LogP contribution in [0.4, 0.5) is 23.0 Å². The molecule has 1 aliphatic rings. The van der Waals surface area contributed by atoms with Gasteiger partial charge in [-0.2, -0.15) is 15.0 Å². The molecule has 10 heteroatoms. The van der Waals surface area contributed by atoms with E-state index in [0.717, 1.165) is 24.1 Å². The van der Waals surface area contributed by atoms with E-state index in [1.807, 2.05) is 43.3 Å². The van der Waals surface area contributed by atoms with Crippen LogP contribution in [0.15, 0.2) is 60.7 Å². The fraction of sp³-hybridized carbons (Fsp3) is 0.179. The van der Waals surface area contributed by atoms with Crippen LogP contribution < -0.4 is 16.0 Å². The summed E-state index contributed by atoms with van der Waals surface area (Å²) in [6.07, 6.45) is 1.58. The molecule has 4 aromatic rings. The summed E-state index contributed by atoms with van der Waals surface area (Å²) in [7, 11) is 0. The SMILES string of the molecule is Cc1ccc(Nc2ccc(NCCCCNc3nc(Cl)nc(Cl)n3)c3c2C(=O)c2ccccc2C3=O)cc1. The molecule has 192 valence electrons. The Balaban J connectivity index is 1.33. The number of benzene rings is 3. The van der Waals surface area contributed by atoms with Gasteiger partial charge in [0, 0.05) is 35.6 Å². The van der Waals surface area contributed by atoms with Crippen molar-refractivity contribution >= 4 is 57.8 Å². The third-order valence-corrected chi connectivity index (χ3v) is 6.53. The number of aryl methyl sites for hydroxylation is 1. The van der Waals surface area contributed by atoms with Gasteiger partial charge < -0.3 is 16.0 Å². The van der Waals surface area contributed by atoms with Gasteiger partial charge in [-0.25, -0.2) is 0 Å². The van der Waals surface area contributed by atoms with E-state index in [0.29, 0.717) is 52.7 Å². The minimum absolute atomic E-state index is 0.0278. The number of hydrogen-bond donors (Lipinski definition) is 3. The summed E-state index contributed by atoms with van der Waals surface area (Å²) in [6, 6.07) is 18.5. The van der Waals surface area contributed by atoms with E-state index in [2.05, 4.69) is 30.9 Å². The van der Waals surface area contributed by atoms with Crippen LogP contribution in [0.3, 0.4) is 0 Å². The number of nitrogens with zero attached hydrogens (tertiary/aromatic N) is 3. The minimum atomic E-state index is -0.174. The molecule has 1 aliphatic carbocycles. The van der Waals surface area contributed by atoms with Crippen molar-refractivity contribution in [2.45, 2.75) is 19.8 Å². The molecule has 0 atom stereocenters. The first-order valence-electron chi connectivity index (χ1n) is 12.1. The highest BCUT2D eigenvalue weighted by Gasteiger charge is 2.33. The molecule has 0 amide bonds. The first-order valence-corrected chi connectivity index (χ1v) is 12.9. The average molecular weight is 547 g/mol. The molecule has 8 nitrogen and oxygen atoms in total. The van der Waals surface area contributed by atoms with Crippen molar-refractivity contribution < 1.29 is 9.59 Å². The third kappa shape index (κ3) is 5.46. The standard InChI is InChI=1S/C28H24Cl2N6O2/c1-16-8-10-17(11-9-16)33-21-13-12-20(22-23(21)25(38)19-7-3-2-6-18(19)24(22)37)31-14-4-5-15-32-28-35-26(29)34-27(30)36-28/h2-3,6-13,31,33H,4-5,14-15H2,1H3,(H,32,34,35,36). The molecular weight excluding hydrogens is 523 g/mol. The number of rotatable bonds is 9. The van der Waals surface area contributed by atoms with Crippen LogP contribution in [0.25, 0.3) is 0 Å². The zero-order valence-corrected chi connectivity index (χ0v) is 22.0. The minimum Gasteiger partial charge on any atom is -0.384 e. The lowest BCUT2D eigenvalue weighted by atomic mass is 9.82. The van der Waals surface area contributed by atoms with Crippen LogP contribution in [0, 0.1) is 6.92 Å². The van der Waals surface area contributed by atoms with E-state index in [4.69, 9.17) is 23.2 Å². The predicted molar refractivity (Wildman–Crippen MR) is 150 cm³/mol. The summed E-state index contributed by atoms with van der Waals surface area (Å²) >= 11 is 11.6. The molecule has 5 rings (SSSR count). The number of carbonyl (C=O) groups is 2. The van der Waals surface area contributed by atoms with Gasteiger partial charge in [-0.05, 0) is 67.2 Å². The maximum absolute atomic E-state index is 13.6. The van der Waals surface area contributed by atoms with E-state index in [-0.39, 0.29) is 22.1 Å². The summed E-state index contributed by atoms with van der Waals surface area (Å²) in [5.41, 5.74) is 4.80. The second kappa shape index (κ2) is 11.2. The van der Waals surface area contributed by atoms with Gasteiger partial charge in [0.05, 0.1) is 16.8 Å². The van der Waals surface area contributed by atoms with Crippen molar-refractivity contribution in [3.05, 3.63) is 99.0 Å². The third-order valence-electron chi connectivity index (χ3n) is 6.19. The molecule has 0 unspecified atom stereocenters. The monoisotopic (exact) mass is 546 g/mol.